The molecule has 2 heterocycles. The molecule has 0 fully saturated rings. The van der Waals surface area contributed by atoms with Crippen molar-refractivity contribution in [1.82, 2.24) is 0 Å². The molecule has 3 rings (SSSR count). The van der Waals surface area contributed by atoms with Gasteiger partial charge >= 0.3 is 0 Å². The molecule has 0 bridgehead atoms. The molecule has 1 aromatic carbocycles. The first-order valence-electron chi connectivity index (χ1n) is 7.20. The van der Waals surface area contributed by atoms with Gasteiger partial charge in [-0.25, -0.2) is 0 Å². The van der Waals surface area contributed by atoms with Gasteiger partial charge in [-0.1, -0.05) is 6.92 Å². The highest BCUT2D eigenvalue weighted by molar-refractivity contribution is 6.04. The minimum Gasteiger partial charge on any atom is -0.466 e. The lowest BCUT2D eigenvalue weighted by molar-refractivity contribution is -0.117. The SMILES string of the molecule is CCC1C(=O)Nc2c1cc(C(O)c1ccco1)c(C)c2C. The van der Waals surface area contributed by atoms with Gasteiger partial charge in [-0.2, -0.15) is 0 Å². The number of nitrogens with one attached hydrogen (secondary N) is 1. The molecule has 0 aliphatic carbocycles. The molecule has 110 valence electrons. The van der Waals surface area contributed by atoms with Gasteiger partial charge in [0, 0.05) is 5.69 Å². The van der Waals surface area contributed by atoms with Crippen molar-refractivity contribution in [2.75, 3.05) is 5.32 Å². The second kappa shape index (κ2) is 5.04. The maximum absolute atomic E-state index is 12.0. The number of amides is 1. The highest BCUT2D eigenvalue weighted by Gasteiger charge is 2.32. The number of carbonyl (C=O) groups is 1. The van der Waals surface area contributed by atoms with Crippen LogP contribution in [0.2, 0.25) is 0 Å². The smallest absolute Gasteiger partial charge is 0.232 e. The van der Waals surface area contributed by atoms with Gasteiger partial charge in [0.05, 0.1) is 12.2 Å². The third-order valence-electron chi connectivity index (χ3n) is 4.43. The van der Waals surface area contributed by atoms with Crippen molar-refractivity contribution in [3.8, 4) is 0 Å². The third-order valence-corrected chi connectivity index (χ3v) is 4.43. The fraction of sp³-hybridized carbons (Fsp3) is 0.353. The maximum Gasteiger partial charge on any atom is 0.232 e. The predicted molar refractivity (Wildman–Crippen MR) is 80.3 cm³/mol. The Kier molecular flexibility index (Phi) is 3.33. The summed E-state index contributed by atoms with van der Waals surface area (Å²) in [6.07, 6.45) is 1.49. The third kappa shape index (κ3) is 2.07. The van der Waals surface area contributed by atoms with Crippen LogP contribution in [0.5, 0.6) is 0 Å². The summed E-state index contributed by atoms with van der Waals surface area (Å²) in [7, 11) is 0. The Hall–Kier alpha value is -2.07. The molecule has 1 amide bonds. The average molecular weight is 285 g/mol. The van der Waals surface area contributed by atoms with Crippen molar-refractivity contribution in [3.05, 3.63) is 52.5 Å². The van der Waals surface area contributed by atoms with E-state index in [1.54, 1.807) is 18.4 Å². The number of fused-ring (bicyclic) bond motifs is 1. The zero-order valence-corrected chi connectivity index (χ0v) is 12.4. The van der Waals surface area contributed by atoms with Crippen LogP contribution in [0.3, 0.4) is 0 Å². The normalized spacial score (nSPS) is 18.5. The number of anilines is 1. The van der Waals surface area contributed by atoms with Gasteiger partial charge in [-0.05, 0) is 60.7 Å². The van der Waals surface area contributed by atoms with Gasteiger partial charge in [-0.15, -0.1) is 0 Å². The number of hydrogen-bond acceptors (Lipinski definition) is 3. The number of furan rings is 1. The van der Waals surface area contributed by atoms with E-state index in [9.17, 15) is 9.90 Å². The molecule has 0 saturated carbocycles. The molecule has 4 nitrogen and oxygen atoms in total. The van der Waals surface area contributed by atoms with Gasteiger partial charge in [0.2, 0.25) is 5.91 Å². The summed E-state index contributed by atoms with van der Waals surface area (Å²) in [5, 5.41) is 13.5. The molecule has 2 N–H and O–H groups in total. The van der Waals surface area contributed by atoms with Crippen LogP contribution in [-0.2, 0) is 4.79 Å². The van der Waals surface area contributed by atoms with Gasteiger partial charge in [0.25, 0.3) is 0 Å². The van der Waals surface area contributed by atoms with E-state index in [1.165, 1.54) is 0 Å². The first kappa shape index (κ1) is 13.9. The predicted octanol–water partition coefficient (Wildman–Crippen LogP) is 3.42. The topological polar surface area (TPSA) is 62.5 Å². The summed E-state index contributed by atoms with van der Waals surface area (Å²) < 4.78 is 5.31. The lowest BCUT2D eigenvalue weighted by Crippen LogP contribution is -2.10. The van der Waals surface area contributed by atoms with Crippen LogP contribution in [0.25, 0.3) is 0 Å². The van der Waals surface area contributed by atoms with Crippen LogP contribution in [0.1, 0.15) is 53.4 Å². The van der Waals surface area contributed by atoms with E-state index >= 15 is 0 Å². The number of rotatable bonds is 3. The zero-order chi connectivity index (χ0) is 15.1. The molecule has 2 unspecified atom stereocenters. The van der Waals surface area contributed by atoms with Crippen molar-refractivity contribution in [3.63, 3.8) is 0 Å². The first-order valence-corrected chi connectivity index (χ1v) is 7.20. The Morgan fingerprint density at radius 1 is 1.38 bits per heavy atom. The Morgan fingerprint density at radius 3 is 2.76 bits per heavy atom. The second-order valence-electron chi connectivity index (χ2n) is 5.55. The van der Waals surface area contributed by atoms with Crippen molar-refractivity contribution in [2.45, 2.75) is 39.2 Å². The van der Waals surface area contributed by atoms with E-state index in [0.717, 1.165) is 34.4 Å². The summed E-state index contributed by atoms with van der Waals surface area (Å²) in [5.74, 6) is 0.421. The van der Waals surface area contributed by atoms with Crippen molar-refractivity contribution in [2.24, 2.45) is 0 Å². The van der Waals surface area contributed by atoms with Gasteiger partial charge in [0.15, 0.2) is 0 Å². The van der Waals surface area contributed by atoms with E-state index in [1.807, 2.05) is 26.8 Å². The molecule has 21 heavy (non-hydrogen) atoms. The second-order valence-corrected chi connectivity index (χ2v) is 5.55. The number of benzene rings is 1. The molecule has 0 radical (unpaired) electrons. The summed E-state index contributed by atoms with van der Waals surface area (Å²) in [6, 6.07) is 5.46. The Balaban J connectivity index is 2.14. The summed E-state index contributed by atoms with van der Waals surface area (Å²) in [6.45, 7) is 5.94. The lowest BCUT2D eigenvalue weighted by Gasteiger charge is -2.17. The van der Waals surface area contributed by atoms with Crippen LogP contribution in [0, 0.1) is 13.8 Å². The first-order chi connectivity index (χ1) is 10.0. The van der Waals surface area contributed by atoms with Crippen LogP contribution in [0.4, 0.5) is 5.69 Å². The van der Waals surface area contributed by atoms with Crippen molar-refractivity contribution < 1.29 is 14.3 Å². The molecule has 0 spiro atoms. The Labute approximate surface area is 123 Å². The molecular formula is C17H19NO3. The van der Waals surface area contributed by atoms with Crippen molar-refractivity contribution in [1.29, 1.82) is 0 Å². The van der Waals surface area contributed by atoms with Crippen LogP contribution < -0.4 is 5.32 Å². The molecule has 1 aliphatic heterocycles. The standard InChI is InChI=1S/C17H19NO3/c1-4-11-13-8-12(16(19)14-6-5-7-21-14)9(2)10(3)15(13)18-17(11)20/h5-8,11,16,19H,4H2,1-3H3,(H,18,20). The Morgan fingerprint density at radius 2 is 2.14 bits per heavy atom. The molecule has 1 aromatic heterocycles. The van der Waals surface area contributed by atoms with E-state index < -0.39 is 6.10 Å². The van der Waals surface area contributed by atoms with E-state index in [4.69, 9.17) is 4.42 Å². The minimum absolute atomic E-state index is 0.0413. The van der Waals surface area contributed by atoms with E-state index in [2.05, 4.69) is 5.32 Å². The average Bonchev–Trinajstić information content (AvgIpc) is 3.09. The molecule has 0 saturated heterocycles. The van der Waals surface area contributed by atoms with E-state index in [-0.39, 0.29) is 11.8 Å². The summed E-state index contributed by atoms with van der Waals surface area (Å²) >= 11 is 0. The zero-order valence-electron chi connectivity index (χ0n) is 12.4. The van der Waals surface area contributed by atoms with E-state index in [0.29, 0.717) is 5.76 Å². The molecule has 2 aromatic rings. The maximum atomic E-state index is 12.0. The number of aliphatic hydroxyl groups is 1. The highest BCUT2D eigenvalue weighted by Crippen LogP contribution is 2.41. The summed E-state index contributed by atoms with van der Waals surface area (Å²) in [4.78, 5) is 12.0. The molecule has 4 heteroatoms. The monoisotopic (exact) mass is 285 g/mol. The summed E-state index contributed by atoms with van der Waals surface area (Å²) in [5.41, 5.74) is 4.68. The number of aliphatic hydroxyl groups excluding tert-OH is 1. The van der Waals surface area contributed by atoms with Gasteiger partial charge < -0.3 is 14.8 Å². The quantitative estimate of drug-likeness (QED) is 0.908. The highest BCUT2D eigenvalue weighted by atomic mass is 16.4. The fourth-order valence-corrected chi connectivity index (χ4v) is 3.05. The number of hydrogen-bond donors (Lipinski definition) is 2. The largest absolute Gasteiger partial charge is 0.466 e. The lowest BCUT2D eigenvalue weighted by atomic mass is 9.89. The molecule has 1 aliphatic rings. The fourth-order valence-electron chi connectivity index (χ4n) is 3.05. The molecular weight excluding hydrogens is 266 g/mol. The van der Waals surface area contributed by atoms with Gasteiger partial charge in [-0.3, -0.25) is 4.79 Å². The molecule has 2 atom stereocenters. The van der Waals surface area contributed by atoms with Crippen LogP contribution in [0.15, 0.2) is 28.9 Å². The number of carbonyl (C=O) groups excluding carboxylic acids is 1. The minimum atomic E-state index is -0.808. The van der Waals surface area contributed by atoms with Gasteiger partial charge in [0.1, 0.15) is 11.9 Å². The Bertz CT molecular complexity index is 689. The van der Waals surface area contributed by atoms with Crippen LogP contribution in [-0.4, -0.2) is 11.0 Å². The van der Waals surface area contributed by atoms with Crippen molar-refractivity contribution >= 4 is 11.6 Å². The van der Waals surface area contributed by atoms with Crippen LogP contribution >= 0.6 is 0 Å².